The van der Waals surface area contributed by atoms with E-state index in [-0.39, 0.29) is 30.2 Å². The monoisotopic (exact) mass is 316 g/mol. The molecule has 0 heterocycles. The Morgan fingerprint density at radius 3 is 2.14 bits per heavy atom. The van der Waals surface area contributed by atoms with E-state index in [1.54, 1.807) is 0 Å². The minimum Gasteiger partial charge on any atom is -0.367 e. The maximum Gasteiger partial charge on any atom is 0.245 e. The maximum absolute atomic E-state index is 12.5. The molecule has 3 N–H and O–H groups in total. The molecule has 0 aromatic carbocycles. The van der Waals surface area contributed by atoms with Crippen molar-refractivity contribution in [3.63, 3.8) is 0 Å². The quantitative estimate of drug-likeness (QED) is 0.527. The topological polar surface area (TPSA) is 89.9 Å². The van der Waals surface area contributed by atoms with Gasteiger partial charge in [0.1, 0.15) is 6.04 Å². The molecule has 0 fully saturated rings. The van der Waals surface area contributed by atoms with Gasteiger partial charge in [0.15, 0.2) is 6.29 Å². The number of hydrogen-bond donors (Lipinski definition) is 3. The van der Waals surface area contributed by atoms with Crippen LogP contribution in [0.5, 0.6) is 0 Å². The van der Waals surface area contributed by atoms with E-state index in [0.29, 0.717) is 13.0 Å². The van der Waals surface area contributed by atoms with Crippen molar-refractivity contribution in [1.29, 1.82) is 0 Å². The molecular formula is C16H32N2O4. The van der Waals surface area contributed by atoms with E-state index in [1.807, 2.05) is 34.6 Å². The summed E-state index contributed by atoms with van der Waals surface area (Å²) in [6.07, 6.45) is 0.590. The van der Waals surface area contributed by atoms with Crippen LogP contribution < -0.4 is 5.32 Å². The van der Waals surface area contributed by atoms with E-state index in [0.717, 1.165) is 12.8 Å². The van der Waals surface area contributed by atoms with Crippen LogP contribution in [0.25, 0.3) is 0 Å². The maximum atomic E-state index is 12.5. The van der Waals surface area contributed by atoms with Gasteiger partial charge in [-0.15, -0.1) is 0 Å². The van der Waals surface area contributed by atoms with Gasteiger partial charge in [0.25, 0.3) is 0 Å². The molecule has 2 unspecified atom stereocenters. The molecule has 2 amide bonds. The van der Waals surface area contributed by atoms with Crippen LogP contribution in [0.1, 0.15) is 53.9 Å². The normalized spacial score (nSPS) is 14.0. The van der Waals surface area contributed by atoms with Gasteiger partial charge in [-0.25, -0.2) is 0 Å². The predicted molar refractivity (Wildman–Crippen MR) is 85.9 cm³/mol. The second-order valence-electron chi connectivity index (χ2n) is 6.12. The lowest BCUT2D eigenvalue weighted by Gasteiger charge is -2.29. The summed E-state index contributed by atoms with van der Waals surface area (Å²) in [5.41, 5.74) is 0. The van der Waals surface area contributed by atoms with Gasteiger partial charge in [0.2, 0.25) is 11.8 Å². The molecule has 6 nitrogen and oxygen atoms in total. The van der Waals surface area contributed by atoms with Crippen molar-refractivity contribution in [3.05, 3.63) is 0 Å². The van der Waals surface area contributed by atoms with Crippen molar-refractivity contribution in [2.45, 2.75) is 66.2 Å². The minimum atomic E-state index is -1.57. The van der Waals surface area contributed by atoms with Crippen LogP contribution in [0.15, 0.2) is 0 Å². The van der Waals surface area contributed by atoms with E-state index in [1.165, 1.54) is 4.90 Å². The van der Waals surface area contributed by atoms with Gasteiger partial charge in [-0.2, -0.15) is 0 Å². The summed E-state index contributed by atoms with van der Waals surface area (Å²) in [4.78, 5) is 26.1. The molecule has 0 aliphatic rings. The van der Waals surface area contributed by atoms with Crippen LogP contribution in [-0.2, 0) is 9.59 Å². The number of carbonyl (C=O) groups excluding carboxylic acids is 2. The number of aliphatic hydroxyl groups excluding tert-OH is 1. The van der Waals surface area contributed by atoms with E-state index in [9.17, 15) is 9.59 Å². The number of carbonyl (C=O) groups is 2. The smallest absolute Gasteiger partial charge is 0.245 e. The van der Waals surface area contributed by atoms with Gasteiger partial charge in [-0.05, 0) is 18.8 Å². The third kappa shape index (κ3) is 7.22. The highest BCUT2D eigenvalue weighted by molar-refractivity contribution is 5.88. The Labute approximate surface area is 133 Å². The van der Waals surface area contributed by atoms with Crippen LogP contribution in [0.4, 0.5) is 0 Å². The number of nitrogens with zero attached hydrogens (tertiary/aromatic N) is 1. The summed E-state index contributed by atoms with van der Waals surface area (Å²) >= 11 is 0. The summed E-state index contributed by atoms with van der Waals surface area (Å²) in [6, 6.07) is -0.621. The lowest BCUT2D eigenvalue weighted by Crippen LogP contribution is -2.51. The minimum absolute atomic E-state index is 0.134. The average molecular weight is 316 g/mol. The van der Waals surface area contributed by atoms with Gasteiger partial charge < -0.3 is 20.4 Å². The molecular weight excluding hydrogens is 284 g/mol. The standard InChI is InChI=1S/C16H32N2O4/c1-6-8-9-18(10-14(19)20)16(22)13(7-2)17-15(21)12(5)11(3)4/h11-14,19-20H,6-10H2,1-5H3,(H,17,21). The zero-order valence-corrected chi connectivity index (χ0v) is 14.5. The van der Waals surface area contributed by atoms with Gasteiger partial charge in [0, 0.05) is 12.5 Å². The highest BCUT2D eigenvalue weighted by Crippen LogP contribution is 2.11. The van der Waals surface area contributed by atoms with Crippen molar-refractivity contribution in [3.8, 4) is 0 Å². The lowest BCUT2D eigenvalue weighted by atomic mass is 9.96. The zero-order chi connectivity index (χ0) is 17.3. The molecule has 0 saturated heterocycles. The number of aliphatic hydroxyl groups is 2. The first-order chi connectivity index (χ1) is 10.2. The summed E-state index contributed by atoms with van der Waals surface area (Å²) < 4.78 is 0. The van der Waals surface area contributed by atoms with E-state index in [4.69, 9.17) is 10.2 Å². The first kappa shape index (κ1) is 20.9. The van der Waals surface area contributed by atoms with E-state index in [2.05, 4.69) is 5.32 Å². The molecule has 130 valence electrons. The van der Waals surface area contributed by atoms with Crippen molar-refractivity contribution < 1.29 is 19.8 Å². The molecule has 6 heteroatoms. The van der Waals surface area contributed by atoms with Crippen molar-refractivity contribution in [2.24, 2.45) is 11.8 Å². The number of hydrogen-bond acceptors (Lipinski definition) is 4. The molecule has 0 aromatic heterocycles. The molecule has 0 aliphatic heterocycles. The Kier molecular flexibility index (Phi) is 10.0. The van der Waals surface area contributed by atoms with Crippen LogP contribution in [0, 0.1) is 11.8 Å². The average Bonchev–Trinajstić information content (AvgIpc) is 2.46. The van der Waals surface area contributed by atoms with Crippen LogP contribution >= 0.6 is 0 Å². The molecule has 0 bridgehead atoms. The van der Waals surface area contributed by atoms with E-state index < -0.39 is 12.3 Å². The van der Waals surface area contributed by atoms with E-state index >= 15 is 0 Å². The summed E-state index contributed by atoms with van der Waals surface area (Å²) in [7, 11) is 0. The summed E-state index contributed by atoms with van der Waals surface area (Å²) in [6.45, 7) is 9.91. The van der Waals surface area contributed by atoms with Gasteiger partial charge in [0.05, 0.1) is 6.54 Å². The fourth-order valence-electron chi connectivity index (χ4n) is 2.00. The second kappa shape index (κ2) is 10.6. The number of unbranched alkanes of at least 4 members (excludes halogenated alkanes) is 1. The molecule has 0 spiro atoms. The predicted octanol–water partition coefficient (Wildman–Crippen LogP) is 1.11. The van der Waals surface area contributed by atoms with Crippen molar-refractivity contribution >= 4 is 11.8 Å². The lowest BCUT2D eigenvalue weighted by molar-refractivity contribution is -0.142. The Morgan fingerprint density at radius 2 is 1.73 bits per heavy atom. The van der Waals surface area contributed by atoms with Crippen LogP contribution in [0.3, 0.4) is 0 Å². The molecule has 0 saturated carbocycles. The Bertz CT molecular complexity index is 345. The number of amides is 2. The molecule has 0 rings (SSSR count). The highest BCUT2D eigenvalue weighted by atomic mass is 16.5. The van der Waals surface area contributed by atoms with Crippen molar-refractivity contribution in [2.75, 3.05) is 13.1 Å². The highest BCUT2D eigenvalue weighted by Gasteiger charge is 2.27. The van der Waals surface area contributed by atoms with Gasteiger partial charge >= 0.3 is 0 Å². The Balaban J connectivity index is 4.85. The summed E-state index contributed by atoms with van der Waals surface area (Å²) in [5, 5.41) is 21.1. The van der Waals surface area contributed by atoms with Crippen molar-refractivity contribution in [1.82, 2.24) is 10.2 Å². The summed E-state index contributed by atoms with van der Waals surface area (Å²) in [5.74, 6) is -0.374. The first-order valence-corrected chi connectivity index (χ1v) is 8.19. The SMILES string of the molecule is CCCCN(CC(O)O)C(=O)C(CC)NC(=O)C(C)C(C)C. The van der Waals surface area contributed by atoms with Crippen LogP contribution in [0.2, 0.25) is 0 Å². The molecule has 0 aliphatic carbocycles. The largest absolute Gasteiger partial charge is 0.367 e. The van der Waals surface area contributed by atoms with Gasteiger partial charge in [-0.3, -0.25) is 9.59 Å². The molecule has 22 heavy (non-hydrogen) atoms. The fourth-order valence-corrected chi connectivity index (χ4v) is 2.00. The van der Waals surface area contributed by atoms with Crippen LogP contribution in [-0.4, -0.2) is 52.3 Å². The molecule has 2 atom stereocenters. The zero-order valence-electron chi connectivity index (χ0n) is 14.5. The Hall–Kier alpha value is -1.14. The van der Waals surface area contributed by atoms with Gasteiger partial charge in [-0.1, -0.05) is 41.0 Å². The third-order valence-corrected chi connectivity index (χ3v) is 3.91. The fraction of sp³-hybridized carbons (Fsp3) is 0.875. The Morgan fingerprint density at radius 1 is 1.14 bits per heavy atom. The number of rotatable bonds is 10. The first-order valence-electron chi connectivity index (χ1n) is 8.19. The number of nitrogens with one attached hydrogen (secondary N) is 1. The third-order valence-electron chi connectivity index (χ3n) is 3.91. The second-order valence-corrected chi connectivity index (χ2v) is 6.12. The molecule has 0 radical (unpaired) electrons. The molecule has 0 aromatic rings.